The van der Waals surface area contributed by atoms with Crippen LogP contribution < -0.4 is 19.5 Å². The first-order valence-corrected chi connectivity index (χ1v) is 12.9. The maximum absolute atomic E-state index is 12.8. The van der Waals surface area contributed by atoms with Crippen molar-refractivity contribution in [2.75, 3.05) is 32.8 Å². The molecule has 0 saturated carbocycles. The van der Waals surface area contributed by atoms with Crippen LogP contribution in [0.25, 0.3) is 17.2 Å². The maximum Gasteiger partial charge on any atom is 0.341 e. The van der Waals surface area contributed by atoms with E-state index in [9.17, 15) is 9.59 Å². The average Bonchev–Trinajstić information content (AvgIpc) is 3.19. The molecular formula is C27H28BrNO6S. The quantitative estimate of drug-likeness (QED) is 0.214. The highest BCUT2D eigenvalue weighted by atomic mass is 79.9. The van der Waals surface area contributed by atoms with Crippen LogP contribution >= 0.6 is 27.3 Å². The Morgan fingerprint density at radius 2 is 1.75 bits per heavy atom. The summed E-state index contributed by atoms with van der Waals surface area (Å²) in [6.45, 7) is 6.77. The van der Waals surface area contributed by atoms with Crippen molar-refractivity contribution in [1.29, 1.82) is 0 Å². The van der Waals surface area contributed by atoms with Gasteiger partial charge in [-0.1, -0.05) is 12.1 Å². The average molecular weight is 574 g/mol. The number of halogens is 1. The van der Waals surface area contributed by atoms with Gasteiger partial charge in [-0.3, -0.25) is 4.79 Å². The van der Waals surface area contributed by atoms with E-state index in [4.69, 9.17) is 18.9 Å². The first kappa shape index (κ1) is 27.3. The molecule has 3 rings (SSSR count). The zero-order valence-electron chi connectivity index (χ0n) is 20.8. The topological polar surface area (TPSA) is 83.1 Å². The lowest BCUT2D eigenvalue weighted by molar-refractivity contribution is -0.111. The number of amides is 1. The van der Waals surface area contributed by atoms with E-state index >= 15 is 0 Å². The Morgan fingerprint density at radius 3 is 2.36 bits per heavy atom. The monoisotopic (exact) mass is 573 g/mol. The number of nitrogens with one attached hydrogen (secondary N) is 1. The van der Waals surface area contributed by atoms with Gasteiger partial charge in [0.2, 0.25) is 5.91 Å². The minimum Gasteiger partial charge on any atom is -0.494 e. The van der Waals surface area contributed by atoms with Crippen LogP contribution in [0.3, 0.4) is 0 Å². The molecule has 1 aromatic heterocycles. The Morgan fingerprint density at radius 1 is 1.06 bits per heavy atom. The van der Waals surface area contributed by atoms with Crippen LogP contribution in [-0.4, -0.2) is 39.3 Å². The third-order valence-corrected chi connectivity index (χ3v) is 6.74. The molecule has 1 N–H and O–H groups in total. The predicted molar refractivity (Wildman–Crippen MR) is 147 cm³/mol. The second-order valence-corrected chi connectivity index (χ2v) is 9.56. The minimum absolute atomic E-state index is 0.316. The first-order valence-electron chi connectivity index (χ1n) is 11.3. The van der Waals surface area contributed by atoms with E-state index in [-0.39, 0.29) is 5.91 Å². The Labute approximate surface area is 223 Å². The number of carbonyl (C=O) groups is 2. The van der Waals surface area contributed by atoms with Crippen LogP contribution in [-0.2, 0) is 9.53 Å². The van der Waals surface area contributed by atoms with Crippen molar-refractivity contribution in [3.63, 3.8) is 0 Å². The van der Waals surface area contributed by atoms with Gasteiger partial charge in [0.25, 0.3) is 0 Å². The molecule has 0 aliphatic carbocycles. The summed E-state index contributed by atoms with van der Waals surface area (Å²) >= 11 is 4.80. The molecule has 2 aromatic carbocycles. The maximum atomic E-state index is 12.8. The minimum atomic E-state index is -0.525. The summed E-state index contributed by atoms with van der Waals surface area (Å²) in [6, 6.07) is 11.1. The highest BCUT2D eigenvalue weighted by Gasteiger charge is 2.25. The molecular weight excluding hydrogens is 546 g/mol. The molecule has 36 heavy (non-hydrogen) atoms. The number of benzene rings is 2. The van der Waals surface area contributed by atoms with Crippen LogP contribution in [0, 0.1) is 6.92 Å². The van der Waals surface area contributed by atoms with Gasteiger partial charge in [-0.25, -0.2) is 4.79 Å². The zero-order valence-corrected chi connectivity index (χ0v) is 23.2. The molecule has 0 atom stereocenters. The van der Waals surface area contributed by atoms with Gasteiger partial charge in [0, 0.05) is 16.5 Å². The number of aryl methyl sites for hydroxylation is 1. The number of carbonyl (C=O) groups excluding carboxylic acids is 2. The van der Waals surface area contributed by atoms with Crippen molar-refractivity contribution in [3.05, 3.63) is 63.0 Å². The van der Waals surface area contributed by atoms with Gasteiger partial charge >= 0.3 is 5.97 Å². The summed E-state index contributed by atoms with van der Waals surface area (Å²) in [5.41, 5.74) is 2.60. The number of esters is 1. The summed E-state index contributed by atoms with van der Waals surface area (Å²) in [5, 5.41) is 3.25. The van der Waals surface area contributed by atoms with Crippen LogP contribution in [0.4, 0.5) is 5.00 Å². The van der Waals surface area contributed by atoms with Gasteiger partial charge in [-0.05, 0) is 78.2 Å². The molecule has 1 amide bonds. The van der Waals surface area contributed by atoms with Crippen molar-refractivity contribution in [3.8, 4) is 28.4 Å². The van der Waals surface area contributed by atoms with Crippen molar-refractivity contribution in [1.82, 2.24) is 0 Å². The van der Waals surface area contributed by atoms with Gasteiger partial charge in [0.15, 0.2) is 11.5 Å². The number of hydrogen-bond donors (Lipinski definition) is 1. The van der Waals surface area contributed by atoms with E-state index in [0.29, 0.717) is 45.3 Å². The molecule has 190 valence electrons. The molecule has 1 heterocycles. The third kappa shape index (κ3) is 6.27. The lowest BCUT2D eigenvalue weighted by Crippen LogP contribution is -2.11. The normalized spacial score (nSPS) is 10.8. The summed E-state index contributed by atoms with van der Waals surface area (Å²) < 4.78 is 22.3. The molecule has 0 spiro atoms. The van der Waals surface area contributed by atoms with Crippen LogP contribution in [0.2, 0.25) is 0 Å². The summed E-state index contributed by atoms with van der Waals surface area (Å²) in [6.07, 6.45) is 3.05. The Bertz CT molecular complexity index is 1270. The molecule has 0 aliphatic rings. The Kier molecular flexibility index (Phi) is 9.55. The predicted octanol–water partition coefficient (Wildman–Crippen LogP) is 6.73. The van der Waals surface area contributed by atoms with Gasteiger partial charge in [0.05, 0.1) is 31.9 Å². The fourth-order valence-corrected chi connectivity index (χ4v) is 5.25. The lowest BCUT2D eigenvalue weighted by atomic mass is 10.0. The van der Waals surface area contributed by atoms with Crippen LogP contribution in [0.5, 0.6) is 17.2 Å². The van der Waals surface area contributed by atoms with E-state index in [2.05, 4.69) is 21.2 Å². The molecule has 9 heteroatoms. The van der Waals surface area contributed by atoms with E-state index < -0.39 is 5.97 Å². The van der Waals surface area contributed by atoms with E-state index in [1.54, 1.807) is 19.3 Å². The van der Waals surface area contributed by atoms with Gasteiger partial charge in [-0.15, -0.1) is 11.3 Å². The standard InChI is InChI=1S/C27H28BrNO6S/c1-6-34-19-11-9-18(10-12-19)23-16(3)36-26(24(23)27(31)33-5)29-22(30)13-8-17-14-20(28)25(35-7-2)21(15-17)32-4/h8-15H,6-7H2,1-5H3,(H,29,30)/b13-8+. The number of hydrogen-bond acceptors (Lipinski definition) is 7. The Hall–Kier alpha value is -3.30. The highest BCUT2D eigenvalue weighted by Crippen LogP contribution is 2.41. The van der Waals surface area contributed by atoms with Gasteiger partial charge in [0.1, 0.15) is 16.3 Å². The SMILES string of the molecule is CCOc1ccc(-c2c(C)sc(NC(=O)/C=C/c3cc(Br)c(OCC)c(OC)c3)c2C(=O)OC)cc1. The molecule has 0 fully saturated rings. The number of anilines is 1. The zero-order chi connectivity index (χ0) is 26.2. The van der Waals surface area contributed by atoms with Gasteiger partial charge in [-0.2, -0.15) is 0 Å². The molecule has 3 aromatic rings. The van der Waals surface area contributed by atoms with Crippen molar-refractivity contribution in [2.45, 2.75) is 20.8 Å². The summed E-state index contributed by atoms with van der Waals surface area (Å²) in [5.74, 6) is 0.977. The van der Waals surface area contributed by atoms with E-state index in [0.717, 1.165) is 21.8 Å². The summed E-state index contributed by atoms with van der Waals surface area (Å²) in [4.78, 5) is 26.4. The molecule has 0 unspecified atom stereocenters. The van der Waals surface area contributed by atoms with Crippen molar-refractivity contribution < 1.29 is 28.5 Å². The number of rotatable bonds is 10. The molecule has 7 nitrogen and oxygen atoms in total. The lowest BCUT2D eigenvalue weighted by Gasteiger charge is -2.12. The number of methoxy groups -OCH3 is 2. The van der Waals surface area contributed by atoms with E-state index in [1.807, 2.05) is 51.1 Å². The molecule has 0 radical (unpaired) electrons. The fourth-order valence-electron chi connectivity index (χ4n) is 3.61. The van der Waals surface area contributed by atoms with E-state index in [1.165, 1.54) is 24.5 Å². The smallest absolute Gasteiger partial charge is 0.341 e. The molecule has 0 bridgehead atoms. The number of ether oxygens (including phenoxy) is 4. The fraction of sp³-hybridized carbons (Fsp3) is 0.259. The van der Waals surface area contributed by atoms with Crippen molar-refractivity contribution >= 4 is 50.2 Å². The Balaban J connectivity index is 1.89. The largest absolute Gasteiger partial charge is 0.494 e. The highest BCUT2D eigenvalue weighted by molar-refractivity contribution is 9.10. The van der Waals surface area contributed by atoms with Crippen LogP contribution in [0.1, 0.15) is 34.6 Å². The third-order valence-electron chi connectivity index (χ3n) is 5.13. The van der Waals surface area contributed by atoms with Crippen LogP contribution in [0.15, 0.2) is 46.9 Å². The summed E-state index contributed by atoms with van der Waals surface area (Å²) in [7, 11) is 2.87. The molecule has 0 aliphatic heterocycles. The second-order valence-electron chi connectivity index (χ2n) is 7.48. The van der Waals surface area contributed by atoms with Crippen molar-refractivity contribution in [2.24, 2.45) is 0 Å². The first-order chi connectivity index (χ1) is 17.3. The molecule has 0 saturated heterocycles. The van der Waals surface area contributed by atoms with Gasteiger partial charge < -0.3 is 24.3 Å². The number of thiophene rings is 1. The second kappa shape index (κ2) is 12.6.